The van der Waals surface area contributed by atoms with Gasteiger partial charge in [0, 0.05) is 23.7 Å². The minimum Gasteiger partial charge on any atom is -0.378 e. The summed E-state index contributed by atoms with van der Waals surface area (Å²) >= 11 is 5.83. The molecule has 1 amide bonds. The van der Waals surface area contributed by atoms with Gasteiger partial charge in [-0.2, -0.15) is 0 Å². The summed E-state index contributed by atoms with van der Waals surface area (Å²) in [6, 6.07) is 7.02. The van der Waals surface area contributed by atoms with Crippen molar-refractivity contribution in [3.8, 4) is 0 Å². The van der Waals surface area contributed by atoms with Crippen molar-refractivity contribution in [2.75, 3.05) is 26.3 Å². The molecule has 0 aromatic heterocycles. The van der Waals surface area contributed by atoms with Gasteiger partial charge in [-0.3, -0.25) is 4.79 Å². The first-order valence-electron chi connectivity index (χ1n) is 4.90. The number of halogens is 1. The van der Waals surface area contributed by atoms with Gasteiger partial charge in [0.05, 0.1) is 13.2 Å². The SMILES string of the molecule is O=C(c1cccc(Cl)c1)N1CCOCC1. The van der Waals surface area contributed by atoms with Gasteiger partial charge < -0.3 is 9.64 Å². The van der Waals surface area contributed by atoms with E-state index in [1.807, 2.05) is 0 Å². The van der Waals surface area contributed by atoms with Crippen LogP contribution in [0.4, 0.5) is 0 Å². The van der Waals surface area contributed by atoms with Crippen molar-refractivity contribution in [1.29, 1.82) is 0 Å². The number of ether oxygens (including phenoxy) is 1. The zero-order chi connectivity index (χ0) is 10.7. The van der Waals surface area contributed by atoms with Gasteiger partial charge in [-0.05, 0) is 18.2 Å². The average molecular weight is 226 g/mol. The largest absolute Gasteiger partial charge is 0.378 e. The van der Waals surface area contributed by atoms with Crippen molar-refractivity contribution in [3.05, 3.63) is 34.9 Å². The Morgan fingerprint density at radius 1 is 1.33 bits per heavy atom. The Morgan fingerprint density at radius 2 is 2.07 bits per heavy atom. The van der Waals surface area contributed by atoms with Crippen molar-refractivity contribution in [1.82, 2.24) is 4.90 Å². The molecule has 0 saturated carbocycles. The van der Waals surface area contributed by atoms with E-state index in [4.69, 9.17) is 16.3 Å². The van der Waals surface area contributed by atoms with Gasteiger partial charge in [0.15, 0.2) is 0 Å². The van der Waals surface area contributed by atoms with Gasteiger partial charge in [0.25, 0.3) is 5.91 Å². The molecule has 2 rings (SSSR count). The molecule has 0 spiro atoms. The lowest BCUT2D eigenvalue weighted by Crippen LogP contribution is -2.40. The van der Waals surface area contributed by atoms with Crippen molar-refractivity contribution < 1.29 is 9.53 Å². The van der Waals surface area contributed by atoms with E-state index in [0.29, 0.717) is 36.9 Å². The molecule has 0 unspecified atom stereocenters. The number of rotatable bonds is 1. The second kappa shape index (κ2) is 4.64. The van der Waals surface area contributed by atoms with Crippen LogP contribution in [0.3, 0.4) is 0 Å². The lowest BCUT2D eigenvalue weighted by molar-refractivity contribution is 0.0303. The van der Waals surface area contributed by atoms with Crippen LogP contribution >= 0.6 is 11.6 Å². The highest BCUT2D eigenvalue weighted by Gasteiger charge is 2.18. The highest BCUT2D eigenvalue weighted by molar-refractivity contribution is 6.30. The lowest BCUT2D eigenvalue weighted by Gasteiger charge is -2.26. The summed E-state index contributed by atoms with van der Waals surface area (Å²) in [4.78, 5) is 13.8. The third-order valence-corrected chi connectivity index (χ3v) is 2.60. The third-order valence-electron chi connectivity index (χ3n) is 2.37. The van der Waals surface area contributed by atoms with Crippen molar-refractivity contribution in [3.63, 3.8) is 0 Å². The minimum atomic E-state index is 0.0285. The molecular weight excluding hydrogens is 214 g/mol. The Kier molecular flexibility index (Phi) is 3.23. The molecule has 1 heterocycles. The molecule has 1 aliphatic rings. The maximum absolute atomic E-state index is 12.0. The fraction of sp³-hybridized carbons (Fsp3) is 0.364. The van der Waals surface area contributed by atoms with E-state index in [9.17, 15) is 4.79 Å². The first-order valence-corrected chi connectivity index (χ1v) is 5.28. The van der Waals surface area contributed by atoms with Crippen LogP contribution in [0, 0.1) is 0 Å². The summed E-state index contributed by atoms with van der Waals surface area (Å²) in [5.74, 6) is 0.0285. The van der Waals surface area contributed by atoms with E-state index in [2.05, 4.69) is 0 Å². The number of amides is 1. The number of hydrogen-bond acceptors (Lipinski definition) is 2. The van der Waals surface area contributed by atoms with E-state index >= 15 is 0 Å². The van der Waals surface area contributed by atoms with Gasteiger partial charge in [-0.1, -0.05) is 17.7 Å². The van der Waals surface area contributed by atoms with Crippen LogP contribution in [0.2, 0.25) is 5.02 Å². The summed E-state index contributed by atoms with van der Waals surface area (Å²) in [7, 11) is 0. The molecule has 1 fully saturated rings. The molecule has 0 N–H and O–H groups in total. The second-order valence-corrected chi connectivity index (χ2v) is 3.85. The topological polar surface area (TPSA) is 29.5 Å². The molecule has 0 atom stereocenters. The molecule has 1 aliphatic heterocycles. The van der Waals surface area contributed by atoms with Crippen molar-refractivity contribution in [2.45, 2.75) is 0 Å². The van der Waals surface area contributed by atoms with Crippen molar-refractivity contribution >= 4 is 17.5 Å². The Morgan fingerprint density at radius 3 is 2.73 bits per heavy atom. The number of nitrogens with zero attached hydrogens (tertiary/aromatic N) is 1. The van der Waals surface area contributed by atoms with Gasteiger partial charge in [0.2, 0.25) is 0 Å². The fourth-order valence-corrected chi connectivity index (χ4v) is 1.76. The smallest absolute Gasteiger partial charge is 0.254 e. The number of hydrogen-bond donors (Lipinski definition) is 0. The predicted molar refractivity (Wildman–Crippen MR) is 58.2 cm³/mol. The summed E-state index contributed by atoms with van der Waals surface area (Å²) in [6.07, 6.45) is 0. The molecule has 1 aromatic rings. The zero-order valence-corrected chi connectivity index (χ0v) is 9.04. The normalized spacial score (nSPS) is 16.5. The quantitative estimate of drug-likeness (QED) is 0.730. The van der Waals surface area contributed by atoms with Crippen LogP contribution in [-0.4, -0.2) is 37.1 Å². The summed E-state index contributed by atoms with van der Waals surface area (Å²) < 4.78 is 5.19. The number of carbonyl (C=O) groups is 1. The minimum absolute atomic E-state index is 0.0285. The van der Waals surface area contributed by atoms with E-state index in [0.717, 1.165) is 0 Å². The number of morpholine rings is 1. The van der Waals surface area contributed by atoms with Crippen LogP contribution < -0.4 is 0 Å². The van der Waals surface area contributed by atoms with Gasteiger partial charge in [-0.25, -0.2) is 0 Å². The van der Waals surface area contributed by atoms with Crippen LogP contribution in [0.1, 0.15) is 10.4 Å². The summed E-state index contributed by atoms with van der Waals surface area (Å²) in [6.45, 7) is 2.55. The second-order valence-electron chi connectivity index (χ2n) is 3.41. The number of benzene rings is 1. The van der Waals surface area contributed by atoms with E-state index < -0.39 is 0 Å². The Labute approximate surface area is 93.6 Å². The summed E-state index contributed by atoms with van der Waals surface area (Å²) in [5.41, 5.74) is 0.643. The molecule has 80 valence electrons. The fourth-order valence-electron chi connectivity index (χ4n) is 1.57. The molecule has 4 heteroatoms. The molecule has 0 bridgehead atoms. The standard InChI is InChI=1S/C11H12ClNO2/c12-10-3-1-2-9(8-10)11(14)13-4-6-15-7-5-13/h1-3,8H,4-7H2. The van der Waals surface area contributed by atoms with E-state index in [1.165, 1.54) is 0 Å². The predicted octanol–water partition coefficient (Wildman–Crippen LogP) is 1.81. The molecule has 15 heavy (non-hydrogen) atoms. The molecule has 1 aromatic carbocycles. The van der Waals surface area contributed by atoms with Crippen LogP contribution in [-0.2, 0) is 4.74 Å². The Bertz CT molecular complexity index is 361. The average Bonchev–Trinajstić information content (AvgIpc) is 2.29. The molecule has 0 radical (unpaired) electrons. The highest BCUT2D eigenvalue weighted by atomic mass is 35.5. The molecule has 3 nitrogen and oxygen atoms in total. The molecule has 0 aliphatic carbocycles. The Balaban J connectivity index is 2.12. The van der Waals surface area contributed by atoms with Gasteiger partial charge >= 0.3 is 0 Å². The van der Waals surface area contributed by atoms with Crippen LogP contribution in [0.25, 0.3) is 0 Å². The van der Waals surface area contributed by atoms with Crippen LogP contribution in [0.15, 0.2) is 24.3 Å². The lowest BCUT2D eigenvalue weighted by atomic mass is 10.2. The third kappa shape index (κ3) is 2.49. The first kappa shape index (κ1) is 10.5. The zero-order valence-electron chi connectivity index (χ0n) is 8.28. The maximum atomic E-state index is 12.0. The monoisotopic (exact) mass is 225 g/mol. The highest BCUT2D eigenvalue weighted by Crippen LogP contribution is 2.13. The summed E-state index contributed by atoms with van der Waals surface area (Å²) in [5, 5.41) is 0.592. The molecular formula is C11H12ClNO2. The molecule has 1 saturated heterocycles. The Hall–Kier alpha value is -1.06. The maximum Gasteiger partial charge on any atom is 0.254 e. The van der Waals surface area contributed by atoms with Crippen molar-refractivity contribution in [2.24, 2.45) is 0 Å². The van der Waals surface area contributed by atoms with E-state index in [-0.39, 0.29) is 5.91 Å². The first-order chi connectivity index (χ1) is 7.27. The van der Waals surface area contributed by atoms with Gasteiger partial charge in [-0.15, -0.1) is 0 Å². The van der Waals surface area contributed by atoms with E-state index in [1.54, 1.807) is 29.2 Å². The van der Waals surface area contributed by atoms with Gasteiger partial charge in [0.1, 0.15) is 0 Å². The van der Waals surface area contributed by atoms with Crippen LogP contribution in [0.5, 0.6) is 0 Å². The number of carbonyl (C=O) groups excluding carboxylic acids is 1.